The van der Waals surface area contributed by atoms with Gasteiger partial charge in [-0.1, -0.05) is 76.6 Å². The van der Waals surface area contributed by atoms with Gasteiger partial charge in [0.2, 0.25) is 11.8 Å². The quantitative estimate of drug-likeness (QED) is 0.143. The van der Waals surface area contributed by atoms with Gasteiger partial charge in [0.05, 0.1) is 12.0 Å². The Bertz CT molecular complexity index is 1930. The Hall–Kier alpha value is -5.22. The third-order valence-corrected chi connectivity index (χ3v) is 10.1. The molecule has 1 unspecified atom stereocenters. The third-order valence-electron chi connectivity index (χ3n) is 8.70. The number of aliphatic carboxylic acids is 1. The van der Waals surface area contributed by atoms with Crippen molar-refractivity contribution in [1.29, 1.82) is 0 Å². The zero-order valence-electron chi connectivity index (χ0n) is 28.1. The topological polar surface area (TPSA) is 211 Å². The average Bonchev–Trinajstić information content (AvgIpc) is 3.66. The molecule has 1 aromatic heterocycles. The van der Waals surface area contributed by atoms with Gasteiger partial charge in [-0.05, 0) is 65.2 Å². The number of carboxylic acid groups (broad SMARTS) is 1. The maximum Gasteiger partial charge on any atom is 0.307 e. The summed E-state index contributed by atoms with van der Waals surface area (Å²) in [4.78, 5) is 81.3. The van der Waals surface area contributed by atoms with Crippen molar-refractivity contribution in [2.75, 3.05) is 5.32 Å². The van der Waals surface area contributed by atoms with Crippen LogP contribution in [-0.2, 0) is 48.0 Å². The first-order chi connectivity index (χ1) is 25.4. The molecule has 6 atom stereocenters. The first-order valence-electron chi connectivity index (χ1n) is 16.6. The number of carboxylic acids is 1. The lowest BCUT2D eigenvalue weighted by Crippen LogP contribution is -2.56. The number of fused-ring (bicyclic) bond motifs is 18. The summed E-state index contributed by atoms with van der Waals surface area (Å²) in [5.41, 5.74) is 1.72. The lowest BCUT2D eigenvalue weighted by Gasteiger charge is -2.27. The van der Waals surface area contributed by atoms with Crippen LogP contribution >= 0.6 is 27.3 Å². The van der Waals surface area contributed by atoms with Gasteiger partial charge < -0.3 is 36.6 Å². The number of benzene rings is 3. The van der Waals surface area contributed by atoms with Crippen molar-refractivity contribution in [2.45, 2.75) is 56.0 Å². The Labute approximate surface area is 316 Å². The van der Waals surface area contributed by atoms with E-state index in [0.717, 1.165) is 0 Å². The first kappa shape index (κ1) is 39.0. The first-order valence-corrected chi connectivity index (χ1v) is 18.3. The second kappa shape index (κ2) is 18.0. The summed E-state index contributed by atoms with van der Waals surface area (Å²) in [6, 6.07) is 20.8. The van der Waals surface area contributed by atoms with E-state index in [1.165, 1.54) is 35.6 Å². The Morgan fingerprint density at radius 2 is 1.36 bits per heavy atom. The fraction of sp³-hybridized carbons (Fsp3) is 0.263. The van der Waals surface area contributed by atoms with Crippen LogP contribution in [-0.4, -0.2) is 75.0 Å². The van der Waals surface area contributed by atoms with Gasteiger partial charge >= 0.3 is 5.97 Å². The SMILES string of the molecule is O=C1N[C@H](Cc2ccccc2)C(=O)C[C@H](C(=O)O)Cc2ccc(cc2)NC(=O)[C@H](O)[C@@H](O)C(=O)N[C@H](Cc2cccs2)C(=O)NC1c1ccc(Br)cc1. The number of amides is 4. The van der Waals surface area contributed by atoms with E-state index in [-0.39, 0.29) is 24.9 Å². The Morgan fingerprint density at radius 3 is 2.00 bits per heavy atom. The monoisotopic (exact) mass is 804 g/mol. The summed E-state index contributed by atoms with van der Waals surface area (Å²) in [6.45, 7) is 0. The maximum absolute atomic E-state index is 14.2. The molecular weight excluding hydrogens is 768 g/mol. The molecule has 7 N–H and O–H groups in total. The summed E-state index contributed by atoms with van der Waals surface area (Å²) in [5.74, 6) is -6.91. The van der Waals surface area contributed by atoms with E-state index in [4.69, 9.17) is 0 Å². The molecule has 0 saturated carbocycles. The summed E-state index contributed by atoms with van der Waals surface area (Å²) in [6.07, 6.45) is -5.05. The normalized spacial score (nSPS) is 23.6. The van der Waals surface area contributed by atoms with E-state index < -0.39 is 78.1 Å². The summed E-state index contributed by atoms with van der Waals surface area (Å²) in [5, 5.41) is 43.4. The minimum atomic E-state index is -2.28. The van der Waals surface area contributed by atoms with Gasteiger partial charge in [0.1, 0.15) is 12.1 Å². The highest BCUT2D eigenvalue weighted by Gasteiger charge is 2.36. The molecule has 0 fully saturated rings. The molecule has 2 aliphatic rings. The van der Waals surface area contributed by atoms with Crippen molar-refractivity contribution in [3.63, 3.8) is 0 Å². The van der Waals surface area contributed by atoms with E-state index >= 15 is 0 Å². The number of carbonyl (C=O) groups is 6. The molecule has 0 spiro atoms. The maximum atomic E-state index is 14.2. The van der Waals surface area contributed by atoms with Crippen LogP contribution < -0.4 is 21.3 Å². The fourth-order valence-electron chi connectivity index (χ4n) is 5.79. The van der Waals surface area contributed by atoms with Gasteiger partial charge in [0.25, 0.3) is 11.8 Å². The van der Waals surface area contributed by atoms with Crippen molar-refractivity contribution in [3.8, 4) is 0 Å². The number of thiophene rings is 1. The molecule has 276 valence electrons. The number of aliphatic hydroxyl groups excluding tert-OH is 2. The van der Waals surface area contributed by atoms with Gasteiger partial charge in [-0.15, -0.1) is 11.3 Å². The average molecular weight is 806 g/mol. The number of Topliss-reactive ketones (excluding diaryl/α,β-unsaturated/α-hetero) is 1. The van der Waals surface area contributed by atoms with Crippen LogP contribution in [0.5, 0.6) is 0 Å². The molecule has 53 heavy (non-hydrogen) atoms. The van der Waals surface area contributed by atoms with Crippen molar-refractivity contribution in [2.24, 2.45) is 5.92 Å². The van der Waals surface area contributed by atoms with Gasteiger partial charge in [-0.2, -0.15) is 0 Å². The number of aliphatic hydroxyl groups is 2. The standard InChI is InChI=1S/C38H37BrN4O9S/c39-25-12-10-23(11-13-25)31-35(48)41-28(18-21-5-2-1-3-6-21)30(44)19-24(38(51)52)17-22-8-14-26(15-9-22)40-36(49)32(45)33(46)37(50)42-29(34(47)43-31)20-27-7-4-16-53-27/h1-16,24,28-29,31-33,45-46H,17-20H2,(H,40,49)(H,41,48)(H,42,50)(H,43,47)(H,51,52)/t24-,28-,29-,31?,32-,33-/m1/s1. The molecule has 3 aromatic carbocycles. The number of ketones is 1. The number of rotatable bonds is 6. The van der Waals surface area contributed by atoms with Crippen LogP contribution in [0, 0.1) is 5.92 Å². The molecule has 4 aromatic rings. The molecule has 3 heterocycles. The molecule has 0 saturated heterocycles. The number of hydrogen-bond donors (Lipinski definition) is 7. The highest BCUT2D eigenvalue weighted by molar-refractivity contribution is 9.10. The van der Waals surface area contributed by atoms with Crippen molar-refractivity contribution in [3.05, 3.63) is 122 Å². The third kappa shape index (κ3) is 10.7. The molecule has 2 bridgehead atoms. The minimum absolute atomic E-state index is 0.0322. The Balaban J connectivity index is 1.55. The predicted molar refractivity (Wildman–Crippen MR) is 199 cm³/mol. The Morgan fingerprint density at radius 1 is 0.698 bits per heavy atom. The van der Waals surface area contributed by atoms with Crippen LogP contribution in [0.2, 0.25) is 0 Å². The number of anilines is 1. The van der Waals surface area contributed by atoms with E-state index in [1.54, 1.807) is 72.1 Å². The number of nitrogens with one attached hydrogen (secondary N) is 4. The van der Waals surface area contributed by atoms with Crippen LogP contribution in [0.25, 0.3) is 0 Å². The van der Waals surface area contributed by atoms with Crippen LogP contribution in [0.15, 0.2) is 101 Å². The zero-order chi connectivity index (χ0) is 38.1. The highest BCUT2D eigenvalue weighted by atomic mass is 79.9. The molecule has 6 rings (SSSR count). The number of hydrogen-bond acceptors (Lipinski definition) is 9. The van der Waals surface area contributed by atoms with Gasteiger partial charge in [0.15, 0.2) is 18.0 Å². The zero-order valence-corrected chi connectivity index (χ0v) is 30.5. The second-order valence-corrected chi connectivity index (χ2v) is 14.5. The van der Waals surface area contributed by atoms with Crippen LogP contribution in [0.4, 0.5) is 5.69 Å². The van der Waals surface area contributed by atoms with Gasteiger partial charge in [0, 0.05) is 27.9 Å². The van der Waals surface area contributed by atoms with E-state index in [9.17, 15) is 44.1 Å². The van der Waals surface area contributed by atoms with Crippen molar-refractivity contribution in [1.82, 2.24) is 16.0 Å². The summed E-state index contributed by atoms with van der Waals surface area (Å²) in [7, 11) is 0. The molecule has 0 aliphatic carbocycles. The molecule has 15 heteroatoms. The summed E-state index contributed by atoms with van der Waals surface area (Å²) < 4.78 is 0.682. The van der Waals surface area contributed by atoms with Crippen molar-refractivity contribution >= 4 is 68.3 Å². The van der Waals surface area contributed by atoms with Crippen molar-refractivity contribution < 1.29 is 44.1 Å². The second-order valence-electron chi connectivity index (χ2n) is 12.6. The highest BCUT2D eigenvalue weighted by Crippen LogP contribution is 2.22. The Kier molecular flexibility index (Phi) is 13.3. The van der Waals surface area contributed by atoms with Gasteiger partial charge in [-0.3, -0.25) is 28.8 Å². The molecule has 4 amide bonds. The van der Waals surface area contributed by atoms with Crippen LogP contribution in [0.1, 0.15) is 34.0 Å². The number of carbonyl (C=O) groups excluding carboxylic acids is 5. The van der Waals surface area contributed by atoms with E-state index in [2.05, 4.69) is 37.2 Å². The minimum Gasteiger partial charge on any atom is -0.481 e. The molecule has 2 aliphatic heterocycles. The van der Waals surface area contributed by atoms with Crippen LogP contribution in [0.3, 0.4) is 0 Å². The molecule has 0 radical (unpaired) electrons. The summed E-state index contributed by atoms with van der Waals surface area (Å²) >= 11 is 4.65. The van der Waals surface area contributed by atoms with E-state index in [0.29, 0.717) is 26.0 Å². The largest absolute Gasteiger partial charge is 0.481 e. The lowest BCUT2D eigenvalue weighted by atomic mass is 9.90. The molecule has 13 nitrogen and oxygen atoms in total. The lowest BCUT2D eigenvalue weighted by molar-refractivity contribution is -0.145. The smallest absolute Gasteiger partial charge is 0.307 e. The number of halogens is 1. The van der Waals surface area contributed by atoms with Gasteiger partial charge in [-0.25, -0.2) is 0 Å². The van der Waals surface area contributed by atoms with E-state index in [1.807, 2.05) is 0 Å². The molecular formula is C38H37BrN4O9S. The fourth-order valence-corrected chi connectivity index (χ4v) is 6.80. The predicted octanol–water partition coefficient (Wildman–Crippen LogP) is 2.70.